The molecule has 1 aromatic heterocycles. The molecule has 0 amide bonds. The Morgan fingerprint density at radius 3 is 2.59 bits per heavy atom. The number of halogens is 2. The molecule has 2 N–H and O–H groups in total. The summed E-state index contributed by atoms with van der Waals surface area (Å²) < 4.78 is 58.9. The molecule has 2 saturated carbocycles. The third kappa shape index (κ3) is 2.53. The van der Waals surface area contributed by atoms with Crippen molar-refractivity contribution in [3.05, 3.63) is 23.9 Å². The van der Waals surface area contributed by atoms with Crippen molar-refractivity contribution < 1.29 is 21.6 Å². The van der Waals surface area contributed by atoms with Crippen molar-refractivity contribution in [1.82, 2.24) is 9.29 Å². The summed E-state index contributed by atoms with van der Waals surface area (Å²) in [6, 6.07) is 0. The monoisotopic (exact) mass is 398 g/mol. The Bertz CT molecular complexity index is 957. The lowest BCUT2D eigenvalue weighted by Crippen LogP contribution is -2.43. The summed E-state index contributed by atoms with van der Waals surface area (Å²) in [6.45, 7) is 0.574. The van der Waals surface area contributed by atoms with E-state index in [9.17, 15) is 17.2 Å². The van der Waals surface area contributed by atoms with Crippen molar-refractivity contribution in [3.8, 4) is 0 Å². The van der Waals surface area contributed by atoms with Crippen LogP contribution in [0.15, 0.2) is 21.7 Å². The van der Waals surface area contributed by atoms with Gasteiger partial charge in [-0.15, -0.1) is 0 Å². The highest BCUT2D eigenvalue weighted by atomic mass is 32.2. The summed E-state index contributed by atoms with van der Waals surface area (Å²) in [6.07, 6.45) is 5.54. The number of allylic oxidation sites excluding steroid dienone is 1. The molecule has 2 aliphatic heterocycles. The van der Waals surface area contributed by atoms with Crippen LogP contribution in [0.4, 0.5) is 8.78 Å². The van der Waals surface area contributed by atoms with Gasteiger partial charge in [0.2, 0.25) is 5.89 Å². The molecule has 0 radical (unpaired) electrons. The summed E-state index contributed by atoms with van der Waals surface area (Å²) in [7, 11) is -3.85. The molecule has 7 nitrogen and oxygen atoms in total. The standard InChI is InChI=1S/C17H20F2N4O3S/c18-17(19)14(16(17)4-7-23(8-5-16)27(20,24)25)12-9-26-15(22-12)11-3-6-21-13(11)10-1-2-10/h3,9-10,14H,1-2,4-8H2,(H2,20,24,25)/t14-/m0/s1. The van der Waals surface area contributed by atoms with Crippen molar-refractivity contribution in [2.45, 2.75) is 37.5 Å². The average molecular weight is 398 g/mol. The second-order valence-corrected chi connectivity index (χ2v) is 9.40. The number of aromatic nitrogens is 1. The Balaban J connectivity index is 1.37. The molecule has 0 unspecified atom stereocenters. The Hall–Kier alpha value is -1.65. The zero-order valence-electron chi connectivity index (χ0n) is 14.6. The molecule has 4 aliphatic rings. The fourth-order valence-corrected chi connectivity index (χ4v) is 5.30. The molecular formula is C17H20F2N4O3S. The predicted octanol–water partition coefficient (Wildman–Crippen LogP) is 1.94. The van der Waals surface area contributed by atoms with E-state index in [-0.39, 0.29) is 31.6 Å². The Morgan fingerprint density at radius 2 is 1.96 bits per heavy atom. The summed E-state index contributed by atoms with van der Waals surface area (Å²) in [5.74, 6) is -3.19. The van der Waals surface area contributed by atoms with Gasteiger partial charge >= 0.3 is 0 Å². The van der Waals surface area contributed by atoms with Crippen LogP contribution in [-0.2, 0) is 10.2 Å². The summed E-state index contributed by atoms with van der Waals surface area (Å²) >= 11 is 0. The van der Waals surface area contributed by atoms with Gasteiger partial charge in [-0.1, -0.05) is 0 Å². The van der Waals surface area contributed by atoms with E-state index in [2.05, 4.69) is 9.98 Å². The van der Waals surface area contributed by atoms with Gasteiger partial charge in [0.05, 0.1) is 34.9 Å². The number of alkyl halides is 2. The lowest BCUT2D eigenvalue weighted by atomic mass is 9.91. The molecule has 2 aliphatic carbocycles. The van der Waals surface area contributed by atoms with Crippen molar-refractivity contribution in [3.63, 3.8) is 0 Å². The number of nitrogens with zero attached hydrogens (tertiary/aromatic N) is 3. The van der Waals surface area contributed by atoms with Gasteiger partial charge in [-0.05, 0) is 31.8 Å². The van der Waals surface area contributed by atoms with E-state index in [0.29, 0.717) is 18.4 Å². The van der Waals surface area contributed by atoms with Crippen molar-refractivity contribution in [2.24, 2.45) is 21.5 Å². The maximum Gasteiger partial charge on any atom is 0.276 e. The number of hydrogen-bond donors (Lipinski definition) is 1. The van der Waals surface area contributed by atoms with Crippen LogP contribution in [0.5, 0.6) is 0 Å². The second kappa shape index (κ2) is 5.45. The minimum Gasteiger partial charge on any atom is -0.444 e. The first kappa shape index (κ1) is 17.4. The molecule has 5 rings (SSSR count). The van der Waals surface area contributed by atoms with Gasteiger partial charge in [-0.25, -0.2) is 18.9 Å². The number of piperidine rings is 1. The molecule has 0 aromatic carbocycles. The topological polar surface area (TPSA) is 102 Å². The number of oxazole rings is 1. The fourth-order valence-electron chi connectivity index (χ4n) is 4.61. The van der Waals surface area contributed by atoms with Gasteiger partial charge in [-0.2, -0.15) is 12.7 Å². The molecule has 1 atom stereocenters. The van der Waals surface area contributed by atoms with Gasteiger partial charge < -0.3 is 4.42 Å². The number of nitrogens with two attached hydrogens (primary N) is 1. The molecule has 1 aromatic rings. The highest BCUT2D eigenvalue weighted by Gasteiger charge is 2.81. The molecule has 3 heterocycles. The van der Waals surface area contributed by atoms with Crippen LogP contribution in [-0.4, -0.2) is 49.0 Å². The molecule has 3 fully saturated rings. The van der Waals surface area contributed by atoms with Crippen LogP contribution in [0.3, 0.4) is 0 Å². The summed E-state index contributed by atoms with van der Waals surface area (Å²) in [4.78, 5) is 8.85. The number of rotatable bonds is 4. The predicted molar refractivity (Wildman–Crippen MR) is 93.5 cm³/mol. The van der Waals surface area contributed by atoms with E-state index in [1.54, 1.807) is 0 Å². The number of aliphatic imine (C=N–C) groups is 1. The van der Waals surface area contributed by atoms with E-state index in [0.717, 1.165) is 28.4 Å². The van der Waals surface area contributed by atoms with Gasteiger partial charge in [0.15, 0.2) is 0 Å². The van der Waals surface area contributed by atoms with Crippen LogP contribution >= 0.6 is 0 Å². The van der Waals surface area contributed by atoms with Gasteiger partial charge in [0.1, 0.15) is 6.26 Å². The molecule has 146 valence electrons. The SMILES string of the molecule is NS(=O)(=O)N1CCC2(CC1)[C@H](c1coc(C3=CCN=C3C3CC3)n1)C2(F)F. The minimum atomic E-state index is -3.85. The van der Waals surface area contributed by atoms with Crippen LogP contribution in [0, 0.1) is 11.3 Å². The normalized spacial score (nSPS) is 29.7. The fraction of sp³-hybridized carbons (Fsp3) is 0.647. The van der Waals surface area contributed by atoms with Gasteiger partial charge in [0, 0.05) is 19.0 Å². The molecule has 10 heteroatoms. The third-order valence-electron chi connectivity index (χ3n) is 6.32. The van der Waals surface area contributed by atoms with Gasteiger partial charge in [0.25, 0.3) is 16.1 Å². The van der Waals surface area contributed by atoms with E-state index in [1.807, 2.05) is 6.08 Å². The quantitative estimate of drug-likeness (QED) is 0.837. The minimum absolute atomic E-state index is 0.000724. The zero-order valence-corrected chi connectivity index (χ0v) is 15.4. The lowest BCUT2D eigenvalue weighted by Gasteiger charge is -2.30. The van der Waals surface area contributed by atoms with E-state index in [1.165, 1.54) is 6.26 Å². The van der Waals surface area contributed by atoms with E-state index >= 15 is 0 Å². The van der Waals surface area contributed by atoms with Crippen LogP contribution < -0.4 is 5.14 Å². The summed E-state index contributed by atoms with van der Waals surface area (Å²) in [5, 5.41) is 5.11. The Labute approximate surface area is 155 Å². The van der Waals surface area contributed by atoms with E-state index < -0.39 is 27.5 Å². The molecule has 1 spiro atoms. The van der Waals surface area contributed by atoms with Crippen LogP contribution in [0.25, 0.3) is 5.57 Å². The Morgan fingerprint density at radius 1 is 1.26 bits per heavy atom. The number of hydrogen-bond acceptors (Lipinski definition) is 5. The third-order valence-corrected chi connectivity index (χ3v) is 7.40. The molecule has 1 saturated heterocycles. The molecular weight excluding hydrogens is 378 g/mol. The molecule has 27 heavy (non-hydrogen) atoms. The largest absolute Gasteiger partial charge is 0.444 e. The second-order valence-electron chi connectivity index (χ2n) is 7.85. The Kier molecular flexibility index (Phi) is 3.52. The first-order chi connectivity index (χ1) is 12.7. The smallest absolute Gasteiger partial charge is 0.276 e. The maximum absolute atomic E-state index is 14.7. The van der Waals surface area contributed by atoms with Crippen molar-refractivity contribution >= 4 is 21.5 Å². The first-order valence-corrected chi connectivity index (χ1v) is 10.6. The first-order valence-electron chi connectivity index (χ1n) is 9.10. The van der Waals surface area contributed by atoms with Crippen molar-refractivity contribution in [2.75, 3.05) is 19.6 Å². The van der Waals surface area contributed by atoms with Crippen LogP contribution in [0.1, 0.15) is 43.2 Å². The highest BCUT2D eigenvalue weighted by molar-refractivity contribution is 7.86. The molecule has 0 bridgehead atoms. The zero-order chi connectivity index (χ0) is 19.0. The average Bonchev–Trinajstić information content (AvgIpc) is 3.32. The van der Waals surface area contributed by atoms with Crippen LogP contribution in [0.2, 0.25) is 0 Å². The summed E-state index contributed by atoms with van der Waals surface area (Å²) in [5.41, 5.74) is 0.773. The lowest BCUT2D eigenvalue weighted by molar-refractivity contribution is 0.0412. The van der Waals surface area contributed by atoms with E-state index in [4.69, 9.17) is 9.56 Å². The highest BCUT2D eigenvalue weighted by Crippen LogP contribution is 2.75. The van der Waals surface area contributed by atoms with Crippen molar-refractivity contribution in [1.29, 1.82) is 0 Å². The maximum atomic E-state index is 14.7. The van der Waals surface area contributed by atoms with Gasteiger partial charge in [-0.3, -0.25) is 4.99 Å².